The lowest BCUT2D eigenvalue weighted by atomic mass is 9.89. The van der Waals surface area contributed by atoms with Gasteiger partial charge in [-0.05, 0) is 44.0 Å². The normalized spacial score (nSPS) is 10.9. The SMILES string of the molecule is Cc1ccc2oc(=O)c(C(=O)c3ccccc3C)c(C(=O)c3ccccc3C)c2c1. The predicted octanol–water partition coefficient (Wildman–Crippen LogP) is 5.18. The first-order chi connectivity index (χ1) is 14.4. The van der Waals surface area contributed by atoms with Gasteiger partial charge < -0.3 is 4.42 Å². The van der Waals surface area contributed by atoms with Gasteiger partial charge in [0.05, 0.1) is 5.56 Å². The quantitative estimate of drug-likeness (QED) is 0.352. The number of fused-ring (bicyclic) bond motifs is 1. The molecule has 0 aliphatic rings. The maximum absolute atomic E-state index is 13.7. The highest BCUT2D eigenvalue weighted by Crippen LogP contribution is 2.27. The van der Waals surface area contributed by atoms with Crippen LogP contribution in [0.1, 0.15) is 48.5 Å². The lowest BCUT2D eigenvalue weighted by Crippen LogP contribution is -2.22. The first-order valence-corrected chi connectivity index (χ1v) is 9.66. The van der Waals surface area contributed by atoms with Gasteiger partial charge in [0, 0.05) is 16.5 Å². The minimum Gasteiger partial charge on any atom is -0.422 e. The van der Waals surface area contributed by atoms with Crippen LogP contribution in [0.5, 0.6) is 0 Å². The Labute approximate surface area is 173 Å². The van der Waals surface area contributed by atoms with Crippen molar-refractivity contribution in [3.05, 3.63) is 116 Å². The summed E-state index contributed by atoms with van der Waals surface area (Å²) in [6, 6.07) is 19.4. The van der Waals surface area contributed by atoms with Gasteiger partial charge in [-0.2, -0.15) is 0 Å². The van der Waals surface area contributed by atoms with Crippen molar-refractivity contribution in [2.45, 2.75) is 20.8 Å². The minimum absolute atomic E-state index is 0.0903. The van der Waals surface area contributed by atoms with Crippen molar-refractivity contribution in [2.24, 2.45) is 0 Å². The molecule has 0 atom stereocenters. The predicted molar refractivity (Wildman–Crippen MR) is 116 cm³/mol. The van der Waals surface area contributed by atoms with Gasteiger partial charge in [0.15, 0.2) is 5.78 Å². The summed E-state index contributed by atoms with van der Waals surface area (Å²) in [6.07, 6.45) is 0. The number of benzene rings is 3. The molecule has 0 N–H and O–H groups in total. The average molecular weight is 396 g/mol. The van der Waals surface area contributed by atoms with Crippen molar-refractivity contribution >= 4 is 22.5 Å². The fraction of sp³-hybridized carbons (Fsp3) is 0.115. The second-order valence-corrected chi connectivity index (χ2v) is 7.43. The van der Waals surface area contributed by atoms with E-state index >= 15 is 0 Å². The molecule has 3 aromatic carbocycles. The van der Waals surface area contributed by atoms with Crippen molar-refractivity contribution in [3.8, 4) is 0 Å². The van der Waals surface area contributed by atoms with E-state index < -0.39 is 11.4 Å². The molecule has 0 radical (unpaired) electrons. The van der Waals surface area contributed by atoms with E-state index in [1.165, 1.54) is 0 Å². The Morgan fingerprint density at radius 1 is 0.700 bits per heavy atom. The number of rotatable bonds is 4. The van der Waals surface area contributed by atoms with E-state index in [9.17, 15) is 14.4 Å². The van der Waals surface area contributed by atoms with Crippen LogP contribution in [-0.2, 0) is 0 Å². The summed E-state index contributed by atoms with van der Waals surface area (Å²) in [4.78, 5) is 40.0. The molecule has 0 amide bonds. The largest absolute Gasteiger partial charge is 0.422 e. The number of aryl methyl sites for hydroxylation is 3. The number of hydrogen-bond donors (Lipinski definition) is 0. The van der Waals surface area contributed by atoms with Gasteiger partial charge in [-0.15, -0.1) is 0 Å². The van der Waals surface area contributed by atoms with E-state index in [-0.39, 0.29) is 22.5 Å². The molecular weight excluding hydrogens is 376 g/mol. The van der Waals surface area contributed by atoms with Gasteiger partial charge >= 0.3 is 5.63 Å². The molecule has 0 aliphatic carbocycles. The highest BCUT2D eigenvalue weighted by Gasteiger charge is 2.28. The molecule has 148 valence electrons. The Kier molecular flexibility index (Phi) is 4.92. The Bertz CT molecular complexity index is 1380. The van der Waals surface area contributed by atoms with E-state index in [1.807, 2.05) is 32.0 Å². The second-order valence-electron chi connectivity index (χ2n) is 7.43. The fourth-order valence-electron chi connectivity index (χ4n) is 3.68. The van der Waals surface area contributed by atoms with E-state index in [4.69, 9.17) is 4.42 Å². The summed E-state index contributed by atoms with van der Waals surface area (Å²) in [5.41, 5.74) is 2.54. The van der Waals surface area contributed by atoms with E-state index in [0.29, 0.717) is 16.5 Å². The Hall–Kier alpha value is -3.79. The van der Waals surface area contributed by atoms with Crippen molar-refractivity contribution < 1.29 is 14.0 Å². The summed E-state index contributed by atoms with van der Waals surface area (Å²) in [5, 5.41) is 0.458. The van der Waals surface area contributed by atoms with Gasteiger partial charge in [0.25, 0.3) is 0 Å². The molecule has 1 aromatic heterocycles. The minimum atomic E-state index is -0.809. The monoisotopic (exact) mass is 396 g/mol. The second kappa shape index (κ2) is 7.56. The van der Waals surface area contributed by atoms with Gasteiger partial charge in [0.1, 0.15) is 11.1 Å². The van der Waals surface area contributed by atoms with Crippen molar-refractivity contribution in [1.82, 2.24) is 0 Å². The molecule has 0 fully saturated rings. The van der Waals surface area contributed by atoms with Crippen LogP contribution >= 0.6 is 0 Å². The average Bonchev–Trinajstić information content (AvgIpc) is 2.73. The summed E-state index contributed by atoms with van der Waals surface area (Å²) < 4.78 is 5.46. The van der Waals surface area contributed by atoms with E-state index in [1.54, 1.807) is 55.5 Å². The molecule has 0 aliphatic heterocycles. The van der Waals surface area contributed by atoms with Gasteiger partial charge in [-0.25, -0.2) is 4.79 Å². The zero-order valence-electron chi connectivity index (χ0n) is 17.0. The maximum atomic E-state index is 13.7. The maximum Gasteiger partial charge on any atom is 0.348 e. The van der Waals surface area contributed by atoms with E-state index in [0.717, 1.165) is 16.7 Å². The summed E-state index contributed by atoms with van der Waals surface area (Å²) in [7, 11) is 0. The van der Waals surface area contributed by atoms with Gasteiger partial charge in [0.2, 0.25) is 5.78 Å². The van der Waals surface area contributed by atoms with Crippen LogP contribution in [0.4, 0.5) is 0 Å². The Balaban J connectivity index is 2.09. The molecule has 4 nitrogen and oxygen atoms in total. The lowest BCUT2D eigenvalue weighted by molar-refractivity contribution is 0.100. The zero-order valence-corrected chi connectivity index (χ0v) is 17.0. The summed E-state index contributed by atoms with van der Waals surface area (Å²) >= 11 is 0. The first-order valence-electron chi connectivity index (χ1n) is 9.66. The summed E-state index contributed by atoms with van der Waals surface area (Å²) in [5.74, 6) is -0.879. The lowest BCUT2D eigenvalue weighted by Gasteiger charge is -2.13. The van der Waals surface area contributed by atoms with E-state index in [2.05, 4.69) is 0 Å². The number of ketones is 2. The van der Waals surface area contributed by atoms with Crippen LogP contribution in [0, 0.1) is 20.8 Å². The third-order valence-electron chi connectivity index (χ3n) is 5.29. The molecule has 0 spiro atoms. The van der Waals surface area contributed by atoms with Crippen molar-refractivity contribution in [3.63, 3.8) is 0 Å². The molecule has 0 saturated carbocycles. The van der Waals surface area contributed by atoms with Crippen molar-refractivity contribution in [2.75, 3.05) is 0 Å². The van der Waals surface area contributed by atoms with Gasteiger partial charge in [-0.3, -0.25) is 9.59 Å². The molecule has 0 saturated heterocycles. The Morgan fingerprint density at radius 2 is 1.23 bits per heavy atom. The molecule has 1 heterocycles. The molecule has 4 aromatic rings. The molecule has 0 unspecified atom stereocenters. The topological polar surface area (TPSA) is 64.3 Å². The van der Waals surface area contributed by atoms with Crippen LogP contribution in [0.3, 0.4) is 0 Å². The third kappa shape index (κ3) is 3.26. The number of carbonyl (C=O) groups is 2. The molecule has 4 heteroatoms. The van der Waals surface area contributed by atoms with Crippen LogP contribution < -0.4 is 5.63 Å². The highest BCUT2D eigenvalue weighted by atomic mass is 16.4. The third-order valence-corrected chi connectivity index (χ3v) is 5.29. The van der Waals surface area contributed by atoms with Crippen LogP contribution in [-0.4, -0.2) is 11.6 Å². The summed E-state index contributed by atoms with van der Waals surface area (Å²) in [6.45, 7) is 5.51. The van der Waals surface area contributed by atoms with Crippen molar-refractivity contribution in [1.29, 1.82) is 0 Å². The molecule has 4 rings (SSSR count). The Morgan fingerprint density at radius 3 is 1.80 bits per heavy atom. The molecule has 30 heavy (non-hydrogen) atoms. The highest BCUT2D eigenvalue weighted by molar-refractivity contribution is 6.24. The fourth-order valence-corrected chi connectivity index (χ4v) is 3.68. The number of hydrogen-bond acceptors (Lipinski definition) is 4. The number of carbonyl (C=O) groups excluding carboxylic acids is 2. The van der Waals surface area contributed by atoms with Crippen LogP contribution in [0.25, 0.3) is 11.0 Å². The standard InChI is InChI=1S/C26H20O4/c1-15-12-13-21-20(14-15)22(24(27)18-10-6-4-8-16(18)2)23(26(29)30-21)25(28)19-11-7-5-9-17(19)3/h4-14H,1-3H3. The zero-order chi connectivity index (χ0) is 21.4. The molecule has 0 bridgehead atoms. The molecular formula is C26H20O4. The smallest absolute Gasteiger partial charge is 0.348 e. The van der Waals surface area contributed by atoms with Gasteiger partial charge in [-0.1, -0.05) is 60.2 Å². The first kappa shape index (κ1) is 19.5. The van der Waals surface area contributed by atoms with Crippen LogP contribution in [0.15, 0.2) is 75.9 Å². The van der Waals surface area contributed by atoms with Crippen LogP contribution in [0.2, 0.25) is 0 Å².